The van der Waals surface area contributed by atoms with Gasteiger partial charge >= 0.3 is 5.97 Å². The second-order valence-electron chi connectivity index (χ2n) is 12.2. The SMILES string of the molecule is CN[C@H](C(=O)OC12CC3CC(C1)CC([C@H](N)C(=O)N1[C@H](C#N)C[C@@H]4C[C@@H]41)(C3)C2)C1(NC)CC1. The highest BCUT2D eigenvalue weighted by Gasteiger charge is 2.65. The minimum Gasteiger partial charge on any atom is -0.458 e. The van der Waals surface area contributed by atoms with Gasteiger partial charge in [0.05, 0.1) is 12.1 Å². The van der Waals surface area contributed by atoms with E-state index in [1.165, 1.54) is 0 Å². The van der Waals surface area contributed by atoms with E-state index in [0.29, 0.717) is 24.2 Å². The number of ether oxygens (including phenoxy) is 1. The summed E-state index contributed by atoms with van der Waals surface area (Å²) in [5.41, 5.74) is 5.76. The summed E-state index contributed by atoms with van der Waals surface area (Å²) in [6.45, 7) is 0. The fourth-order valence-electron chi connectivity index (χ4n) is 8.75. The maximum absolute atomic E-state index is 13.7. The van der Waals surface area contributed by atoms with Crippen LogP contribution in [0.1, 0.15) is 64.2 Å². The fourth-order valence-corrected chi connectivity index (χ4v) is 8.75. The number of likely N-dealkylation sites (N-methyl/N-ethyl adjacent to an activating group) is 2. The number of nitrogens with two attached hydrogens (primary N) is 1. The van der Waals surface area contributed by atoms with Crippen molar-refractivity contribution in [3.63, 3.8) is 0 Å². The van der Waals surface area contributed by atoms with Crippen molar-refractivity contribution in [3.8, 4) is 6.07 Å². The molecule has 7 atom stereocenters. The molecule has 7 rings (SSSR count). The van der Waals surface area contributed by atoms with E-state index in [9.17, 15) is 14.9 Å². The molecule has 8 heteroatoms. The van der Waals surface area contributed by atoms with E-state index in [1.54, 1.807) is 0 Å². The number of esters is 1. The number of amides is 1. The van der Waals surface area contributed by atoms with Crippen LogP contribution in [0, 0.1) is 34.5 Å². The third kappa shape index (κ3) is 3.19. The van der Waals surface area contributed by atoms with Gasteiger partial charge < -0.3 is 26.0 Å². The topological polar surface area (TPSA) is 120 Å². The lowest BCUT2D eigenvalue weighted by Gasteiger charge is -2.62. The molecule has 7 aliphatic rings. The highest BCUT2D eigenvalue weighted by Crippen LogP contribution is 2.64. The van der Waals surface area contributed by atoms with Crippen LogP contribution in [0.15, 0.2) is 0 Å². The van der Waals surface area contributed by atoms with Crippen molar-refractivity contribution in [2.75, 3.05) is 14.1 Å². The molecule has 0 radical (unpaired) electrons. The van der Waals surface area contributed by atoms with Crippen molar-refractivity contribution in [2.24, 2.45) is 28.9 Å². The van der Waals surface area contributed by atoms with Gasteiger partial charge in [-0.1, -0.05) is 0 Å². The smallest absolute Gasteiger partial charge is 0.325 e. The van der Waals surface area contributed by atoms with E-state index in [0.717, 1.165) is 57.8 Å². The molecule has 4 bridgehead atoms. The molecular weight excluding hydrogens is 418 g/mol. The maximum Gasteiger partial charge on any atom is 0.325 e. The molecule has 180 valence electrons. The molecule has 4 N–H and O–H groups in total. The van der Waals surface area contributed by atoms with Gasteiger partial charge in [0, 0.05) is 11.6 Å². The molecule has 8 nitrogen and oxygen atoms in total. The summed E-state index contributed by atoms with van der Waals surface area (Å²) in [5.74, 6) is 1.16. The van der Waals surface area contributed by atoms with Crippen LogP contribution in [-0.2, 0) is 14.3 Å². The van der Waals surface area contributed by atoms with Crippen LogP contribution in [0.4, 0.5) is 0 Å². The Labute approximate surface area is 195 Å². The predicted octanol–water partition coefficient (Wildman–Crippen LogP) is 1.05. The zero-order chi connectivity index (χ0) is 23.2. The third-order valence-electron chi connectivity index (χ3n) is 10.2. The molecule has 6 aliphatic carbocycles. The van der Waals surface area contributed by atoms with Gasteiger partial charge in [0.25, 0.3) is 0 Å². The van der Waals surface area contributed by atoms with Gasteiger partial charge in [-0.25, -0.2) is 0 Å². The number of carbonyl (C=O) groups is 2. The van der Waals surface area contributed by atoms with Gasteiger partial charge in [0.2, 0.25) is 5.91 Å². The van der Waals surface area contributed by atoms with E-state index in [1.807, 2.05) is 19.0 Å². The van der Waals surface area contributed by atoms with E-state index in [-0.39, 0.29) is 41.0 Å². The number of nitrogens with one attached hydrogen (secondary N) is 2. The molecule has 7 fully saturated rings. The first-order valence-electron chi connectivity index (χ1n) is 12.8. The monoisotopic (exact) mass is 455 g/mol. The summed E-state index contributed by atoms with van der Waals surface area (Å²) in [4.78, 5) is 28.8. The number of carbonyl (C=O) groups excluding carboxylic acids is 2. The average molecular weight is 456 g/mol. The Kier molecular flexibility index (Phi) is 4.73. The zero-order valence-corrected chi connectivity index (χ0v) is 19.8. The van der Waals surface area contributed by atoms with Crippen LogP contribution in [0.25, 0.3) is 0 Å². The molecular formula is C25H37N5O3. The summed E-state index contributed by atoms with van der Waals surface area (Å²) < 4.78 is 6.41. The molecule has 1 aliphatic heterocycles. The average Bonchev–Trinajstić information content (AvgIpc) is 3.69. The molecule has 2 unspecified atom stereocenters. The summed E-state index contributed by atoms with van der Waals surface area (Å²) in [5, 5.41) is 16.1. The molecule has 1 amide bonds. The number of piperidine rings is 1. The largest absolute Gasteiger partial charge is 0.458 e. The van der Waals surface area contributed by atoms with Crippen molar-refractivity contribution < 1.29 is 14.3 Å². The highest BCUT2D eigenvalue weighted by molar-refractivity contribution is 5.84. The molecule has 1 heterocycles. The van der Waals surface area contributed by atoms with Crippen LogP contribution in [-0.4, -0.2) is 66.2 Å². The van der Waals surface area contributed by atoms with E-state index < -0.39 is 11.6 Å². The minimum absolute atomic E-state index is 0.0461. The van der Waals surface area contributed by atoms with Crippen LogP contribution < -0.4 is 16.4 Å². The van der Waals surface area contributed by atoms with Crippen LogP contribution in [0.2, 0.25) is 0 Å². The molecule has 6 saturated carbocycles. The first kappa shape index (κ1) is 21.8. The second kappa shape index (κ2) is 7.16. The van der Waals surface area contributed by atoms with Crippen LogP contribution >= 0.6 is 0 Å². The van der Waals surface area contributed by atoms with E-state index in [4.69, 9.17) is 10.5 Å². The van der Waals surface area contributed by atoms with Crippen molar-refractivity contribution in [2.45, 2.75) is 99.5 Å². The van der Waals surface area contributed by atoms with Crippen molar-refractivity contribution >= 4 is 11.9 Å². The minimum atomic E-state index is -0.621. The Morgan fingerprint density at radius 2 is 1.82 bits per heavy atom. The van der Waals surface area contributed by atoms with Gasteiger partial charge in [0.1, 0.15) is 17.7 Å². The maximum atomic E-state index is 13.7. The first-order valence-corrected chi connectivity index (χ1v) is 12.8. The standard InChI is InChI=1S/C25H37N5O3/c1-28-20(25(29-2)3-4-25)22(32)33-24-10-14-5-15(11-24)9-23(8-14,13-24)19(27)21(31)30-17(12-26)6-16-7-18(16)30/h14-20,28-29H,3-11,13,27H2,1-2H3/t14?,15?,16-,17+,18+,19-,20-,23?,24?/m1/s1. The lowest BCUT2D eigenvalue weighted by Crippen LogP contribution is -2.66. The number of hydrogen-bond acceptors (Lipinski definition) is 7. The predicted molar refractivity (Wildman–Crippen MR) is 121 cm³/mol. The number of nitriles is 1. The van der Waals surface area contributed by atoms with Crippen LogP contribution in [0.5, 0.6) is 0 Å². The number of likely N-dealkylation sites (tertiary alicyclic amines) is 1. The lowest BCUT2D eigenvalue weighted by molar-refractivity contribution is -0.208. The van der Waals surface area contributed by atoms with Gasteiger partial charge in [-0.05, 0) is 101 Å². The van der Waals surface area contributed by atoms with Gasteiger partial charge in [-0.2, -0.15) is 5.26 Å². The van der Waals surface area contributed by atoms with Crippen molar-refractivity contribution in [1.82, 2.24) is 15.5 Å². The van der Waals surface area contributed by atoms with Gasteiger partial charge in [-0.15, -0.1) is 0 Å². The quantitative estimate of drug-likeness (QED) is 0.491. The normalized spacial score (nSPS) is 45.2. The fraction of sp³-hybridized carbons (Fsp3) is 0.880. The number of nitrogens with zero attached hydrogens (tertiary/aromatic N) is 2. The van der Waals surface area contributed by atoms with Gasteiger partial charge in [-0.3, -0.25) is 9.59 Å². The molecule has 0 aromatic heterocycles. The third-order valence-corrected chi connectivity index (χ3v) is 10.2. The number of fused-ring (bicyclic) bond motifs is 1. The molecule has 1 saturated heterocycles. The van der Waals surface area contributed by atoms with Crippen LogP contribution in [0.3, 0.4) is 0 Å². The summed E-state index contributed by atoms with van der Waals surface area (Å²) in [6.07, 6.45) is 9.18. The summed E-state index contributed by atoms with van der Waals surface area (Å²) in [6, 6.07) is 1.22. The molecule has 0 spiro atoms. The Morgan fingerprint density at radius 3 is 2.39 bits per heavy atom. The molecule has 33 heavy (non-hydrogen) atoms. The van der Waals surface area contributed by atoms with Gasteiger partial charge in [0.15, 0.2) is 0 Å². The van der Waals surface area contributed by atoms with E-state index in [2.05, 4.69) is 16.7 Å². The number of hydrogen-bond donors (Lipinski definition) is 3. The van der Waals surface area contributed by atoms with Crippen molar-refractivity contribution in [1.29, 1.82) is 5.26 Å². The Hall–Kier alpha value is -1.69. The molecule has 0 aromatic carbocycles. The summed E-state index contributed by atoms with van der Waals surface area (Å²) in [7, 11) is 3.73. The Morgan fingerprint density at radius 1 is 1.12 bits per heavy atom. The second-order valence-corrected chi connectivity index (χ2v) is 12.2. The Balaban J connectivity index is 1.24. The molecule has 0 aromatic rings. The lowest BCUT2D eigenvalue weighted by atomic mass is 9.46. The highest BCUT2D eigenvalue weighted by atomic mass is 16.6. The first-order chi connectivity index (χ1) is 15.8. The van der Waals surface area contributed by atoms with E-state index >= 15 is 0 Å². The van der Waals surface area contributed by atoms with Crippen molar-refractivity contribution in [3.05, 3.63) is 0 Å². The summed E-state index contributed by atoms with van der Waals surface area (Å²) >= 11 is 0. The number of rotatable bonds is 7. The zero-order valence-electron chi connectivity index (χ0n) is 19.8. The Bertz CT molecular complexity index is 896.